The first-order valence-corrected chi connectivity index (χ1v) is 10.3. The molecule has 0 N–H and O–H groups in total. The monoisotopic (exact) mass is 375 g/mol. The minimum atomic E-state index is -0.488. The summed E-state index contributed by atoms with van der Waals surface area (Å²) < 4.78 is 19.8. The Labute approximate surface area is 163 Å². The molecule has 0 spiro atoms. The summed E-state index contributed by atoms with van der Waals surface area (Å²) in [6.07, 6.45) is 10.2. The predicted octanol–water partition coefficient (Wildman–Crippen LogP) is 5.79. The molecule has 0 radical (unpaired) electrons. The summed E-state index contributed by atoms with van der Waals surface area (Å²) >= 11 is 0. The first kappa shape index (κ1) is 21.6. The van der Waals surface area contributed by atoms with Gasteiger partial charge in [0.2, 0.25) is 0 Å². The van der Waals surface area contributed by atoms with Crippen molar-refractivity contribution in [3.63, 3.8) is 0 Å². The number of carbonyl (C=O) groups excluding carboxylic acids is 1. The fourth-order valence-corrected chi connectivity index (χ4v) is 3.14. The number of unbranched alkanes of at least 4 members (excludes halogenated alkanes) is 3. The van der Waals surface area contributed by atoms with Crippen LogP contribution in [0.4, 0.5) is 4.39 Å². The molecule has 1 aliphatic carbocycles. The number of Topliss-reactive ketones (excluding diaryl/α,β-unsaturated/α-hetero) is 1. The minimum absolute atomic E-state index is 0.157. The number of benzene rings is 1. The van der Waals surface area contributed by atoms with E-state index < -0.39 is 5.82 Å². The molecule has 0 unspecified atom stereocenters. The van der Waals surface area contributed by atoms with E-state index in [0.29, 0.717) is 25.2 Å². The third-order valence-electron chi connectivity index (χ3n) is 5.01. The number of rotatable bonds is 13. The van der Waals surface area contributed by atoms with E-state index in [2.05, 4.69) is 11.9 Å². The van der Waals surface area contributed by atoms with E-state index >= 15 is 0 Å². The molecule has 0 heterocycles. The lowest BCUT2D eigenvalue weighted by Crippen LogP contribution is -2.21. The highest BCUT2D eigenvalue weighted by Gasteiger charge is 2.25. The smallest absolute Gasteiger partial charge is 0.166 e. The second-order valence-corrected chi connectivity index (χ2v) is 7.86. The molecule has 27 heavy (non-hydrogen) atoms. The summed E-state index contributed by atoms with van der Waals surface area (Å²) in [5, 5.41) is 0. The topological polar surface area (TPSA) is 29.5 Å². The number of ketones is 1. The molecule has 3 nitrogen and oxygen atoms in total. The Morgan fingerprint density at radius 3 is 2.63 bits per heavy atom. The van der Waals surface area contributed by atoms with E-state index in [1.54, 1.807) is 12.1 Å². The van der Waals surface area contributed by atoms with Crippen LogP contribution in [0, 0.1) is 5.82 Å². The highest BCUT2D eigenvalue weighted by atomic mass is 19.1. The van der Waals surface area contributed by atoms with E-state index in [9.17, 15) is 9.18 Å². The van der Waals surface area contributed by atoms with Gasteiger partial charge in [0.1, 0.15) is 11.6 Å². The number of nitrogens with zero attached hydrogens (tertiary/aromatic N) is 1. The van der Waals surface area contributed by atoms with Crippen LogP contribution < -0.4 is 4.74 Å². The third kappa shape index (κ3) is 8.25. The zero-order valence-electron chi connectivity index (χ0n) is 17.1. The minimum Gasteiger partial charge on any atom is -0.493 e. The zero-order valence-corrected chi connectivity index (χ0v) is 17.1. The van der Waals surface area contributed by atoms with E-state index in [1.807, 2.05) is 19.9 Å². The molecule has 0 aliphatic heterocycles. The lowest BCUT2D eigenvalue weighted by Gasteiger charge is -2.14. The summed E-state index contributed by atoms with van der Waals surface area (Å²) in [5.41, 5.74) is 1.33. The van der Waals surface area contributed by atoms with Crippen molar-refractivity contribution in [2.24, 2.45) is 0 Å². The first-order chi connectivity index (χ1) is 13.0. The Bertz CT molecular complexity index is 633. The number of allylic oxidation sites excluding steroid dienone is 2. The van der Waals surface area contributed by atoms with Gasteiger partial charge in [-0.1, -0.05) is 24.5 Å². The second kappa shape index (κ2) is 11.2. The predicted molar refractivity (Wildman–Crippen MR) is 109 cm³/mol. The number of hydrogen-bond acceptors (Lipinski definition) is 3. The van der Waals surface area contributed by atoms with Crippen molar-refractivity contribution in [3.05, 3.63) is 41.2 Å². The van der Waals surface area contributed by atoms with Gasteiger partial charge in [0.25, 0.3) is 0 Å². The molecular formula is C23H34FNO2. The van der Waals surface area contributed by atoms with E-state index in [0.717, 1.165) is 18.9 Å². The van der Waals surface area contributed by atoms with Crippen molar-refractivity contribution in [3.8, 4) is 5.75 Å². The lowest BCUT2D eigenvalue weighted by atomic mass is 10.0. The van der Waals surface area contributed by atoms with Gasteiger partial charge in [0.15, 0.2) is 5.78 Å². The summed E-state index contributed by atoms with van der Waals surface area (Å²) in [5.74, 6) is -0.146. The van der Waals surface area contributed by atoms with Crippen LogP contribution in [-0.4, -0.2) is 36.9 Å². The zero-order chi connectivity index (χ0) is 19.6. The number of hydrogen-bond donors (Lipinski definition) is 0. The van der Waals surface area contributed by atoms with Crippen LogP contribution in [0.15, 0.2) is 29.8 Å². The molecule has 0 bridgehead atoms. The summed E-state index contributed by atoms with van der Waals surface area (Å²) in [6.45, 7) is 5.75. The molecule has 0 atom stereocenters. The molecule has 0 aromatic heterocycles. The van der Waals surface area contributed by atoms with Gasteiger partial charge in [-0.2, -0.15) is 0 Å². The van der Waals surface area contributed by atoms with Gasteiger partial charge in [0, 0.05) is 18.5 Å². The Morgan fingerprint density at radius 2 is 1.96 bits per heavy atom. The van der Waals surface area contributed by atoms with Gasteiger partial charge in [-0.25, -0.2) is 4.39 Å². The first-order valence-electron chi connectivity index (χ1n) is 10.3. The molecule has 1 aromatic rings. The maximum atomic E-state index is 14.2. The Balaban J connectivity index is 1.63. The number of carbonyl (C=O) groups is 1. The van der Waals surface area contributed by atoms with Crippen LogP contribution in [0.3, 0.4) is 0 Å². The Morgan fingerprint density at radius 1 is 1.22 bits per heavy atom. The van der Waals surface area contributed by atoms with Crippen molar-refractivity contribution in [2.45, 2.75) is 71.3 Å². The van der Waals surface area contributed by atoms with Gasteiger partial charge < -0.3 is 9.64 Å². The molecule has 0 saturated heterocycles. The molecule has 1 aromatic carbocycles. The SMILES string of the molecule is CC(C)=CCCC(=O)c1ccc(OCCCCCCN(C)C2CC2)cc1F. The van der Waals surface area contributed by atoms with Crippen LogP contribution in [0.2, 0.25) is 0 Å². The standard InChI is InChI=1S/C23H34FNO2/c1-18(2)9-8-10-23(26)21-14-13-20(17-22(21)24)27-16-7-5-4-6-15-25(3)19-11-12-19/h9,13-14,17,19H,4-8,10-12,15-16H2,1-3H3. The fourth-order valence-electron chi connectivity index (χ4n) is 3.14. The van der Waals surface area contributed by atoms with Crippen LogP contribution in [0.25, 0.3) is 0 Å². The summed E-state index contributed by atoms with van der Waals surface area (Å²) in [4.78, 5) is 14.6. The lowest BCUT2D eigenvalue weighted by molar-refractivity contribution is 0.0979. The van der Waals surface area contributed by atoms with Gasteiger partial charge >= 0.3 is 0 Å². The van der Waals surface area contributed by atoms with Crippen LogP contribution in [0.1, 0.15) is 75.6 Å². The quantitative estimate of drug-likeness (QED) is 0.248. The van der Waals surface area contributed by atoms with Crippen LogP contribution in [-0.2, 0) is 0 Å². The molecule has 1 aliphatic rings. The molecule has 4 heteroatoms. The van der Waals surface area contributed by atoms with Gasteiger partial charge in [-0.05, 0) is 71.7 Å². The number of ether oxygens (including phenoxy) is 1. The summed E-state index contributed by atoms with van der Waals surface area (Å²) in [7, 11) is 2.21. The van der Waals surface area contributed by atoms with Gasteiger partial charge in [0.05, 0.1) is 12.2 Å². The van der Waals surface area contributed by atoms with E-state index in [-0.39, 0.29) is 11.3 Å². The van der Waals surface area contributed by atoms with Gasteiger partial charge in [-0.15, -0.1) is 0 Å². The largest absolute Gasteiger partial charge is 0.493 e. The average molecular weight is 376 g/mol. The number of halogens is 1. The molecule has 0 amide bonds. The van der Waals surface area contributed by atoms with Crippen molar-refractivity contribution >= 4 is 5.78 Å². The van der Waals surface area contributed by atoms with Crippen LogP contribution >= 0.6 is 0 Å². The molecule has 1 saturated carbocycles. The maximum absolute atomic E-state index is 14.2. The molecule has 150 valence electrons. The Kier molecular flexibility index (Phi) is 8.99. The average Bonchev–Trinajstić information content (AvgIpc) is 3.45. The third-order valence-corrected chi connectivity index (χ3v) is 5.01. The van der Waals surface area contributed by atoms with Gasteiger partial charge in [-0.3, -0.25) is 4.79 Å². The van der Waals surface area contributed by atoms with Crippen molar-refractivity contribution in [2.75, 3.05) is 20.2 Å². The molecular weight excluding hydrogens is 341 g/mol. The van der Waals surface area contributed by atoms with E-state index in [4.69, 9.17) is 4.74 Å². The second-order valence-electron chi connectivity index (χ2n) is 7.86. The Hall–Kier alpha value is -1.68. The maximum Gasteiger partial charge on any atom is 0.166 e. The van der Waals surface area contributed by atoms with Crippen molar-refractivity contribution in [1.29, 1.82) is 0 Å². The normalized spacial score (nSPS) is 13.7. The van der Waals surface area contributed by atoms with Crippen molar-refractivity contribution in [1.82, 2.24) is 4.90 Å². The van der Waals surface area contributed by atoms with Crippen molar-refractivity contribution < 1.29 is 13.9 Å². The highest BCUT2D eigenvalue weighted by molar-refractivity contribution is 5.96. The van der Waals surface area contributed by atoms with E-state index in [1.165, 1.54) is 43.9 Å². The molecule has 1 fully saturated rings. The van der Waals surface area contributed by atoms with Crippen LogP contribution in [0.5, 0.6) is 5.75 Å². The summed E-state index contributed by atoms with van der Waals surface area (Å²) in [6, 6.07) is 5.41. The molecule has 2 rings (SSSR count). The highest BCUT2D eigenvalue weighted by Crippen LogP contribution is 2.25. The fraction of sp³-hybridized carbons (Fsp3) is 0.609.